The quantitative estimate of drug-likeness (QED) is 0.875. The van der Waals surface area contributed by atoms with Gasteiger partial charge in [-0.05, 0) is 23.6 Å². The first-order valence-corrected chi connectivity index (χ1v) is 5.74. The van der Waals surface area contributed by atoms with Gasteiger partial charge in [0, 0.05) is 6.42 Å². The van der Waals surface area contributed by atoms with Gasteiger partial charge in [0.1, 0.15) is 0 Å². The topological polar surface area (TPSA) is 40.5 Å². The summed E-state index contributed by atoms with van der Waals surface area (Å²) in [6.45, 7) is 3.53. The van der Waals surface area contributed by atoms with E-state index in [-0.39, 0.29) is 12.3 Å². The van der Waals surface area contributed by atoms with Gasteiger partial charge in [-0.15, -0.1) is 0 Å². The van der Waals surface area contributed by atoms with Crippen LogP contribution in [-0.2, 0) is 12.6 Å². The molecule has 2 nitrogen and oxygen atoms in total. The van der Waals surface area contributed by atoms with Crippen molar-refractivity contribution in [1.82, 2.24) is 0 Å². The first-order valence-electron chi connectivity index (χ1n) is 5.74. The molecule has 0 fully saturated rings. The molecular formula is C13H17F3O2. The highest BCUT2D eigenvalue weighted by Gasteiger charge is 2.30. The number of alkyl halides is 3. The molecule has 0 bridgehead atoms. The van der Waals surface area contributed by atoms with Crippen LogP contribution in [0.3, 0.4) is 0 Å². The van der Waals surface area contributed by atoms with E-state index in [2.05, 4.69) is 0 Å². The lowest BCUT2D eigenvalue weighted by Crippen LogP contribution is -2.32. The third kappa shape index (κ3) is 3.99. The molecule has 2 unspecified atom stereocenters. The summed E-state index contributed by atoms with van der Waals surface area (Å²) in [5.41, 5.74) is -0.152. The maximum atomic E-state index is 12.3. The van der Waals surface area contributed by atoms with Crippen molar-refractivity contribution >= 4 is 0 Å². The molecule has 2 atom stereocenters. The molecule has 1 aromatic rings. The molecule has 2 N–H and O–H groups in total. The lowest BCUT2D eigenvalue weighted by molar-refractivity contribution is -0.137. The maximum absolute atomic E-state index is 12.3. The Kier molecular flexibility index (Phi) is 4.76. The van der Waals surface area contributed by atoms with E-state index >= 15 is 0 Å². The minimum Gasteiger partial charge on any atom is -0.390 e. The molecule has 0 radical (unpaired) electrons. The Labute approximate surface area is 104 Å². The van der Waals surface area contributed by atoms with E-state index in [9.17, 15) is 23.4 Å². The van der Waals surface area contributed by atoms with Crippen LogP contribution < -0.4 is 0 Å². The second-order valence-electron chi connectivity index (χ2n) is 4.70. The van der Waals surface area contributed by atoms with E-state index < -0.39 is 23.9 Å². The lowest BCUT2D eigenvalue weighted by Gasteiger charge is -2.21. The summed E-state index contributed by atoms with van der Waals surface area (Å²) in [5.74, 6) is -0.102. The van der Waals surface area contributed by atoms with E-state index in [4.69, 9.17) is 0 Å². The molecule has 0 aromatic heterocycles. The fourth-order valence-electron chi connectivity index (χ4n) is 1.64. The van der Waals surface area contributed by atoms with Crippen molar-refractivity contribution in [3.63, 3.8) is 0 Å². The van der Waals surface area contributed by atoms with E-state index in [1.165, 1.54) is 12.1 Å². The van der Waals surface area contributed by atoms with Gasteiger partial charge in [-0.3, -0.25) is 0 Å². The summed E-state index contributed by atoms with van der Waals surface area (Å²) in [6.07, 6.45) is -6.07. The van der Waals surface area contributed by atoms with Crippen LogP contribution in [0.25, 0.3) is 0 Å². The van der Waals surface area contributed by atoms with Crippen LogP contribution in [0.2, 0.25) is 0 Å². The van der Waals surface area contributed by atoms with Crippen LogP contribution in [0.1, 0.15) is 25.0 Å². The zero-order chi connectivity index (χ0) is 13.9. The predicted molar refractivity (Wildman–Crippen MR) is 62.0 cm³/mol. The molecule has 0 amide bonds. The molecule has 0 aliphatic heterocycles. The van der Waals surface area contributed by atoms with Gasteiger partial charge >= 0.3 is 6.18 Å². The van der Waals surface area contributed by atoms with E-state index in [1.807, 2.05) is 0 Å². The molecule has 0 spiro atoms. The first-order chi connectivity index (χ1) is 8.21. The third-order valence-electron chi connectivity index (χ3n) is 2.80. The largest absolute Gasteiger partial charge is 0.416 e. The Morgan fingerprint density at radius 2 is 1.56 bits per heavy atom. The highest BCUT2D eigenvalue weighted by molar-refractivity contribution is 5.25. The Morgan fingerprint density at radius 3 is 1.94 bits per heavy atom. The molecule has 0 aliphatic rings. The summed E-state index contributed by atoms with van der Waals surface area (Å²) in [5, 5.41) is 19.3. The molecule has 0 heterocycles. The fourth-order valence-corrected chi connectivity index (χ4v) is 1.64. The summed E-state index contributed by atoms with van der Waals surface area (Å²) in [6, 6.07) is 4.59. The first kappa shape index (κ1) is 15.0. The predicted octanol–water partition coefficient (Wildman–Crippen LogP) is 2.63. The van der Waals surface area contributed by atoms with Gasteiger partial charge in [-0.2, -0.15) is 13.2 Å². The highest BCUT2D eigenvalue weighted by Crippen LogP contribution is 2.29. The maximum Gasteiger partial charge on any atom is 0.416 e. The van der Waals surface area contributed by atoms with E-state index in [1.54, 1.807) is 13.8 Å². The molecule has 1 aromatic carbocycles. The number of rotatable bonds is 4. The molecule has 1 rings (SSSR count). The van der Waals surface area contributed by atoms with Crippen LogP contribution in [-0.4, -0.2) is 22.4 Å². The van der Waals surface area contributed by atoms with Crippen molar-refractivity contribution < 1.29 is 23.4 Å². The van der Waals surface area contributed by atoms with Crippen molar-refractivity contribution in [2.24, 2.45) is 5.92 Å². The van der Waals surface area contributed by atoms with Gasteiger partial charge in [0.15, 0.2) is 0 Å². The third-order valence-corrected chi connectivity index (χ3v) is 2.80. The smallest absolute Gasteiger partial charge is 0.390 e. The minimum atomic E-state index is -4.35. The normalized spacial score (nSPS) is 15.8. The molecule has 0 aliphatic carbocycles. The van der Waals surface area contributed by atoms with Crippen molar-refractivity contribution in [3.05, 3.63) is 35.4 Å². The van der Waals surface area contributed by atoms with Gasteiger partial charge in [-0.1, -0.05) is 26.0 Å². The number of hydrogen-bond donors (Lipinski definition) is 2. The average molecular weight is 262 g/mol. The molecule has 0 saturated carbocycles. The lowest BCUT2D eigenvalue weighted by atomic mass is 9.96. The van der Waals surface area contributed by atoms with Gasteiger partial charge in [0.25, 0.3) is 0 Å². The van der Waals surface area contributed by atoms with E-state index in [0.717, 1.165) is 12.1 Å². The Hall–Kier alpha value is -1.07. The molecule has 18 heavy (non-hydrogen) atoms. The van der Waals surface area contributed by atoms with Gasteiger partial charge in [-0.25, -0.2) is 0 Å². The van der Waals surface area contributed by atoms with Crippen LogP contribution in [0.4, 0.5) is 13.2 Å². The molecular weight excluding hydrogens is 245 g/mol. The summed E-state index contributed by atoms with van der Waals surface area (Å²) in [4.78, 5) is 0. The SMILES string of the molecule is CC(C)C(O)C(O)Cc1ccc(C(F)(F)F)cc1. The van der Waals surface area contributed by atoms with Gasteiger partial charge < -0.3 is 10.2 Å². The number of halogens is 3. The van der Waals surface area contributed by atoms with Gasteiger partial charge in [0.05, 0.1) is 17.8 Å². The zero-order valence-electron chi connectivity index (χ0n) is 10.3. The molecule has 0 saturated heterocycles. The summed E-state index contributed by atoms with van der Waals surface area (Å²) < 4.78 is 37.0. The Balaban J connectivity index is 2.70. The summed E-state index contributed by atoms with van der Waals surface area (Å²) in [7, 11) is 0. The van der Waals surface area contributed by atoms with Crippen molar-refractivity contribution in [2.75, 3.05) is 0 Å². The second-order valence-corrected chi connectivity index (χ2v) is 4.70. The average Bonchev–Trinajstić information content (AvgIpc) is 2.27. The summed E-state index contributed by atoms with van der Waals surface area (Å²) >= 11 is 0. The monoisotopic (exact) mass is 262 g/mol. The minimum absolute atomic E-state index is 0.102. The number of benzene rings is 1. The van der Waals surface area contributed by atoms with Crippen molar-refractivity contribution in [3.8, 4) is 0 Å². The second kappa shape index (κ2) is 5.71. The van der Waals surface area contributed by atoms with Crippen molar-refractivity contribution in [1.29, 1.82) is 0 Å². The van der Waals surface area contributed by atoms with Crippen LogP contribution in [0.5, 0.6) is 0 Å². The molecule has 102 valence electrons. The standard InChI is InChI=1S/C13H17F3O2/c1-8(2)12(18)11(17)7-9-3-5-10(6-4-9)13(14,15)16/h3-6,8,11-12,17-18H,7H2,1-2H3. The van der Waals surface area contributed by atoms with Crippen molar-refractivity contribution in [2.45, 2.75) is 38.7 Å². The van der Waals surface area contributed by atoms with E-state index in [0.29, 0.717) is 5.56 Å². The number of hydrogen-bond acceptors (Lipinski definition) is 2. The Morgan fingerprint density at radius 1 is 1.06 bits per heavy atom. The highest BCUT2D eigenvalue weighted by atomic mass is 19.4. The van der Waals surface area contributed by atoms with Crippen LogP contribution in [0, 0.1) is 5.92 Å². The molecule has 5 heteroatoms. The Bertz CT molecular complexity index is 371. The van der Waals surface area contributed by atoms with Crippen LogP contribution >= 0.6 is 0 Å². The zero-order valence-corrected chi connectivity index (χ0v) is 10.3. The van der Waals surface area contributed by atoms with Gasteiger partial charge in [0.2, 0.25) is 0 Å². The number of aliphatic hydroxyl groups is 2. The number of aliphatic hydroxyl groups excluding tert-OH is 2. The van der Waals surface area contributed by atoms with Crippen LogP contribution in [0.15, 0.2) is 24.3 Å². The fraction of sp³-hybridized carbons (Fsp3) is 0.538.